The van der Waals surface area contributed by atoms with Gasteiger partial charge < -0.3 is 10.2 Å². The highest BCUT2D eigenvalue weighted by Crippen LogP contribution is 2.15. The van der Waals surface area contributed by atoms with Crippen LogP contribution in [0.2, 0.25) is 0 Å². The van der Waals surface area contributed by atoms with E-state index in [-0.39, 0.29) is 0 Å². The van der Waals surface area contributed by atoms with Gasteiger partial charge in [0.15, 0.2) is 0 Å². The molecule has 0 radical (unpaired) electrons. The number of nitrogens with one attached hydrogen (secondary N) is 1. The first-order chi connectivity index (χ1) is 9.08. The highest BCUT2D eigenvalue weighted by molar-refractivity contribution is 5.36. The van der Waals surface area contributed by atoms with Gasteiger partial charge in [0.2, 0.25) is 0 Å². The third kappa shape index (κ3) is 5.15. The lowest BCUT2D eigenvalue weighted by molar-refractivity contribution is 0.545. The summed E-state index contributed by atoms with van der Waals surface area (Å²) in [4.78, 5) is 11.2. The highest BCUT2D eigenvalue weighted by Gasteiger charge is 2.12. The van der Waals surface area contributed by atoms with E-state index in [1.54, 1.807) is 0 Å². The SMILES string of the molecule is CCC(CC)N(C)c1cncc(CNCC(C)C)n1. The zero-order chi connectivity index (χ0) is 14.3. The average Bonchev–Trinajstić information content (AvgIpc) is 2.40. The van der Waals surface area contributed by atoms with E-state index in [1.807, 2.05) is 12.4 Å². The predicted molar refractivity (Wildman–Crippen MR) is 81.3 cm³/mol. The summed E-state index contributed by atoms with van der Waals surface area (Å²) in [6, 6.07) is 0.535. The lowest BCUT2D eigenvalue weighted by atomic mass is 10.1. The molecule has 19 heavy (non-hydrogen) atoms. The van der Waals surface area contributed by atoms with E-state index in [4.69, 9.17) is 0 Å². The quantitative estimate of drug-likeness (QED) is 0.784. The smallest absolute Gasteiger partial charge is 0.147 e. The van der Waals surface area contributed by atoms with E-state index in [0.717, 1.165) is 37.4 Å². The molecule has 1 aromatic heterocycles. The van der Waals surface area contributed by atoms with Crippen LogP contribution in [-0.2, 0) is 6.54 Å². The third-order valence-corrected chi connectivity index (χ3v) is 3.38. The Labute approximate surface area is 117 Å². The summed E-state index contributed by atoms with van der Waals surface area (Å²) in [5.74, 6) is 1.63. The van der Waals surface area contributed by atoms with Gasteiger partial charge >= 0.3 is 0 Å². The average molecular weight is 264 g/mol. The molecule has 108 valence electrons. The van der Waals surface area contributed by atoms with Crippen LogP contribution in [0, 0.1) is 5.92 Å². The van der Waals surface area contributed by atoms with Crippen LogP contribution in [0.15, 0.2) is 12.4 Å². The molecule has 0 aliphatic heterocycles. The summed E-state index contributed by atoms with van der Waals surface area (Å²) >= 11 is 0. The first kappa shape index (κ1) is 15.9. The van der Waals surface area contributed by atoms with Crippen molar-refractivity contribution in [1.29, 1.82) is 0 Å². The van der Waals surface area contributed by atoms with E-state index < -0.39 is 0 Å². The number of nitrogens with zero attached hydrogens (tertiary/aromatic N) is 3. The molecule has 4 nitrogen and oxygen atoms in total. The third-order valence-electron chi connectivity index (χ3n) is 3.38. The first-order valence-corrected chi connectivity index (χ1v) is 7.32. The molecule has 0 amide bonds. The number of anilines is 1. The van der Waals surface area contributed by atoms with Crippen molar-refractivity contribution in [3.8, 4) is 0 Å². The zero-order valence-electron chi connectivity index (χ0n) is 13.0. The molecule has 0 fully saturated rings. The van der Waals surface area contributed by atoms with Crippen LogP contribution in [0.3, 0.4) is 0 Å². The molecule has 1 N–H and O–H groups in total. The fourth-order valence-electron chi connectivity index (χ4n) is 2.16. The molecule has 0 aliphatic rings. The molecule has 0 unspecified atom stereocenters. The molecule has 1 heterocycles. The molecule has 1 rings (SSSR count). The highest BCUT2D eigenvalue weighted by atomic mass is 15.2. The minimum atomic E-state index is 0.535. The Kier molecular flexibility index (Phi) is 6.78. The monoisotopic (exact) mass is 264 g/mol. The largest absolute Gasteiger partial charge is 0.355 e. The lowest BCUT2D eigenvalue weighted by Crippen LogP contribution is -2.31. The molecule has 0 atom stereocenters. The van der Waals surface area contributed by atoms with E-state index in [2.05, 4.69) is 54.9 Å². The number of rotatable bonds is 8. The minimum absolute atomic E-state index is 0.535. The van der Waals surface area contributed by atoms with Crippen molar-refractivity contribution in [3.05, 3.63) is 18.1 Å². The van der Waals surface area contributed by atoms with Crippen LogP contribution in [0.5, 0.6) is 0 Å². The molecule has 0 saturated heterocycles. The summed E-state index contributed by atoms with van der Waals surface area (Å²) in [5.41, 5.74) is 1.01. The first-order valence-electron chi connectivity index (χ1n) is 7.32. The van der Waals surface area contributed by atoms with Crippen LogP contribution in [0.4, 0.5) is 5.82 Å². The number of hydrogen-bond acceptors (Lipinski definition) is 4. The maximum Gasteiger partial charge on any atom is 0.147 e. The molecule has 4 heteroatoms. The Morgan fingerprint density at radius 1 is 1.21 bits per heavy atom. The van der Waals surface area contributed by atoms with Gasteiger partial charge in [0, 0.05) is 25.8 Å². The summed E-state index contributed by atoms with van der Waals surface area (Å²) in [6.45, 7) is 10.6. The van der Waals surface area contributed by atoms with Gasteiger partial charge in [-0.05, 0) is 25.3 Å². The molecule has 0 bridgehead atoms. The topological polar surface area (TPSA) is 41.1 Å². The van der Waals surface area contributed by atoms with Gasteiger partial charge in [-0.3, -0.25) is 4.98 Å². The number of aromatic nitrogens is 2. The van der Waals surface area contributed by atoms with Gasteiger partial charge in [-0.25, -0.2) is 4.98 Å². The van der Waals surface area contributed by atoms with E-state index >= 15 is 0 Å². The Morgan fingerprint density at radius 3 is 2.47 bits per heavy atom. The van der Waals surface area contributed by atoms with Gasteiger partial charge in [0.25, 0.3) is 0 Å². The van der Waals surface area contributed by atoms with Crippen molar-refractivity contribution in [3.63, 3.8) is 0 Å². The van der Waals surface area contributed by atoms with Crippen molar-refractivity contribution >= 4 is 5.82 Å². The van der Waals surface area contributed by atoms with Gasteiger partial charge in [-0.15, -0.1) is 0 Å². The minimum Gasteiger partial charge on any atom is -0.355 e. The second-order valence-electron chi connectivity index (χ2n) is 5.47. The van der Waals surface area contributed by atoms with Gasteiger partial charge in [0.05, 0.1) is 11.9 Å². The second kappa shape index (κ2) is 8.10. The van der Waals surface area contributed by atoms with Crippen LogP contribution in [-0.4, -0.2) is 29.6 Å². The van der Waals surface area contributed by atoms with E-state index in [9.17, 15) is 0 Å². The van der Waals surface area contributed by atoms with E-state index in [0.29, 0.717) is 12.0 Å². The van der Waals surface area contributed by atoms with Crippen molar-refractivity contribution in [1.82, 2.24) is 15.3 Å². The van der Waals surface area contributed by atoms with Crippen molar-refractivity contribution < 1.29 is 0 Å². The normalized spacial score (nSPS) is 11.3. The Morgan fingerprint density at radius 2 is 1.89 bits per heavy atom. The maximum atomic E-state index is 4.69. The van der Waals surface area contributed by atoms with Crippen molar-refractivity contribution in [2.45, 2.75) is 53.1 Å². The Balaban J connectivity index is 2.65. The number of hydrogen-bond donors (Lipinski definition) is 1. The fourth-order valence-corrected chi connectivity index (χ4v) is 2.16. The summed E-state index contributed by atoms with van der Waals surface area (Å²) < 4.78 is 0. The van der Waals surface area contributed by atoms with Crippen LogP contribution < -0.4 is 10.2 Å². The molecular weight excluding hydrogens is 236 g/mol. The maximum absolute atomic E-state index is 4.69. The second-order valence-corrected chi connectivity index (χ2v) is 5.47. The van der Waals surface area contributed by atoms with Gasteiger partial charge in [0.1, 0.15) is 5.82 Å². The van der Waals surface area contributed by atoms with Crippen LogP contribution in [0.1, 0.15) is 46.2 Å². The summed E-state index contributed by atoms with van der Waals surface area (Å²) in [6.07, 6.45) is 5.96. The lowest BCUT2D eigenvalue weighted by Gasteiger charge is -2.27. The van der Waals surface area contributed by atoms with Gasteiger partial charge in [-0.1, -0.05) is 27.7 Å². The Hall–Kier alpha value is -1.16. The Bertz CT molecular complexity index is 361. The zero-order valence-corrected chi connectivity index (χ0v) is 13.0. The van der Waals surface area contributed by atoms with Crippen molar-refractivity contribution in [2.24, 2.45) is 5.92 Å². The molecular formula is C15H28N4. The predicted octanol–water partition coefficient (Wildman–Crippen LogP) is 2.85. The van der Waals surface area contributed by atoms with Gasteiger partial charge in [-0.2, -0.15) is 0 Å². The molecule has 0 aromatic carbocycles. The van der Waals surface area contributed by atoms with Crippen molar-refractivity contribution in [2.75, 3.05) is 18.5 Å². The molecule has 0 spiro atoms. The summed E-state index contributed by atoms with van der Waals surface area (Å²) in [7, 11) is 2.10. The summed E-state index contributed by atoms with van der Waals surface area (Å²) in [5, 5.41) is 3.40. The van der Waals surface area contributed by atoms with E-state index in [1.165, 1.54) is 0 Å². The fraction of sp³-hybridized carbons (Fsp3) is 0.733. The molecule has 1 aromatic rings. The molecule has 0 saturated carbocycles. The van der Waals surface area contributed by atoms with Crippen LogP contribution in [0.25, 0.3) is 0 Å². The molecule has 0 aliphatic carbocycles. The standard InChI is InChI=1S/C15H28N4/c1-6-14(7-2)19(5)15-11-17-10-13(18-15)9-16-8-12(3)4/h10-12,14,16H,6-9H2,1-5H3. The van der Waals surface area contributed by atoms with Crippen LogP contribution >= 0.6 is 0 Å².